The molecule has 0 saturated heterocycles. The van der Waals surface area contributed by atoms with Gasteiger partial charge in [-0.05, 0) is 37.3 Å². The molecule has 0 atom stereocenters. The standard InChI is InChI=1S/C15H12F2OS/c1-10-2-5-12(6-3-10)19-9-15(18)11-4-7-13(16)14(17)8-11/h2-8H,9H2,1H3. The molecule has 0 N–H and O–H groups in total. The third kappa shape index (κ3) is 3.64. The number of thioether (sulfide) groups is 1. The van der Waals surface area contributed by atoms with E-state index in [9.17, 15) is 13.6 Å². The molecular formula is C15H12F2OS. The Labute approximate surface area is 114 Å². The number of halogens is 2. The van der Waals surface area contributed by atoms with E-state index in [1.807, 2.05) is 31.2 Å². The first-order chi connectivity index (χ1) is 9.06. The van der Waals surface area contributed by atoms with Crippen LogP contribution in [0.1, 0.15) is 15.9 Å². The number of Topliss-reactive ketones (excluding diaryl/α,β-unsaturated/α-hetero) is 1. The number of carbonyl (C=O) groups is 1. The van der Waals surface area contributed by atoms with Crippen LogP contribution >= 0.6 is 11.8 Å². The van der Waals surface area contributed by atoms with Crippen LogP contribution in [-0.2, 0) is 0 Å². The molecule has 2 aromatic rings. The summed E-state index contributed by atoms with van der Waals surface area (Å²) < 4.78 is 25.8. The lowest BCUT2D eigenvalue weighted by molar-refractivity contribution is 0.102. The van der Waals surface area contributed by atoms with Gasteiger partial charge in [0.25, 0.3) is 0 Å². The van der Waals surface area contributed by atoms with Crippen molar-refractivity contribution in [2.75, 3.05) is 5.75 Å². The molecule has 0 amide bonds. The van der Waals surface area contributed by atoms with Gasteiger partial charge in [-0.25, -0.2) is 8.78 Å². The fourth-order valence-electron chi connectivity index (χ4n) is 1.54. The van der Waals surface area contributed by atoms with Crippen molar-refractivity contribution in [1.29, 1.82) is 0 Å². The van der Waals surface area contributed by atoms with Crippen molar-refractivity contribution in [3.05, 3.63) is 65.2 Å². The molecule has 19 heavy (non-hydrogen) atoms. The van der Waals surface area contributed by atoms with Gasteiger partial charge in [0.2, 0.25) is 0 Å². The molecule has 2 aromatic carbocycles. The average Bonchev–Trinajstić information content (AvgIpc) is 2.41. The zero-order valence-corrected chi connectivity index (χ0v) is 11.1. The number of carbonyl (C=O) groups excluding carboxylic acids is 1. The zero-order valence-electron chi connectivity index (χ0n) is 10.3. The maximum atomic E-state index is 13.0. The van der Waals surface area contributed by atoms with Crippen LogP contribution in [0.4, 0.5) is 8.78 Å². The highest BCUT2D eigenvalue weighted by Crippen LogP contribution is 2.20. The Bertz CT molecular complexity index is 594. The monoisotopic (exact) mass is 278 g/mol. The molecule has 0 aliphatic heterocycles. The van der Waals surface area contributed by atoms with Gasteiger partial charge in [-0.2, -0.15) is 0 Å². The Morgan fingerprint density at radius 3 is 2.37 bits per heavy atom. The number of benzene rings is 2. The third-order valence-electron chi connectivity index (χ3n) is 2.63. The topological polar surface area (TPSA) is 17.1 Å². The molecule has 0 saturated carbocycles. The Kier molecular flexibility index (Phi) is 4.32. The molecule has 0 spiro atoms. The van der Waals surface area contributed by atoms with Gasteiger partial charge in [0.1, 0.15) is 0 Å². The fourth-order valence-corrected chi connectivity index (χ4v) is 2.33. The van der Waals surface area contributed by atoms with Crippen LogP contribution in [0.5, 0.6) is 0 Å². The quantitative estimate of drug-likeness (QED) is 0.614. The highest BCUT2D eigenvalue weighted by atomic mass is 32.2. The maximum Gasteiger partial charge on any atom is 0.173 e. The minimum atomic E-state index is -0.994. The van der Waals surface area contributed by atoms with Crippen molar-refractivity contribution in [2.45, 2.75) is 11.8 Å². The van der Waals surface area contributed by atoms with Crippen LogP contribution < -0.4 is 0 Å². The Hall–Kier alpha value is -1.68. The minimum absolute atomic E-state index is 0.193. The summed E-state index contributed by atoms with van der Waals surface area (Å²) in [4.78, 5) is 12.8. The molecule has 0 aliphatic rings. The second kappa shape index (κ2) is 5.97. The van der Waals surface area contributed by atoms with E-state index in [2.05, 4.69) is 0 Å². The van der Waals surface area contributed by atoms with Crippen LogP contribution in [0.3, 0.4) is 0 Å². The van der Waals surface area contributed by atoms with Gasteiger partial charge in [0, 0.05) is 10.5 Å². The van der Waals surface area contributed by atoms with Crippen molar-refractivity contribution in [3.8, 4) is 0 Å². The second-order valence-corrected chi connectivity index (χ2v) is 5.20. The predicted molar refractivity (Wildman–Crippen MR) is 72.6 cm³/mol. The summed E-state index contributed by atoms with van der Waals surface area (Å²) in [6, 6.07) is 11.0. The van der Waals surface area contributed by atoms with E-state index in [-0.39, 0.29) is 17.1 Å². The van der Waals surface area contributed by atoms with E-state index < -0.39 is 11.6 Å². The summed E-state index contributed by atoms with van der Waals surface area (Å²) in [6.07, 6.45) is 0. The van der Waals surface area contributed by atoms with Crippen LogP contribution in [0.2, 0.25) is 0 Å². The van der Waals surface area contributed by atoms with Crippen LogP contribution in [-0.4, -0.2) is 11.5 Å². The molecule has 0 fully saturated rings. The molecule has 0 unspecified atom stereocenters. The van der Waals surface area contributed by atoms with Gasteiger partial charge in [-0.3, -0.25) is 4.79 Å². The molecule has 0 radical (unpaired) electrons. The van der Waals surface area contributed by atoms with Crippen molar-refractivity contribution in [3.63, 3.8) is 0 Å². The van der Waals surface area contributed by atoms with Gasteiger partial charge in [0.15, 0.2) is 17.4 Å². The van der Waals surface area contributed by atoms with Crippen LogP contribution in [0.15, 0.2) is 47.4 Å². The third-order valence-corrected chi connectivity index (χ3v) is 3.64. The fraction of sp³-hybridized carbons (Fsp3) is 0.133. The van der Waals surface area contributed by atoms with Gasteiger partial charge in [-0.15, -0.1) is 11.8 Å². The summed E-state index contributed by atoms with van der Waals surface area (Å²) in [6.45, 7) is 1.99. The highest BCUT2D eigenvalue weighted by Gasteiger charge is 2.10. The summed E-state index contributed by atoms with van der Waals surface area (Å²) in [5.74, 6) is -1.95. The molecule has 1 nitrogen and oxygen atoms in total. The molecule has 0 aromatic heterocycles. The maximum absolute atomic E-state index is 13.0. The SMILES string of the molecule is Cc1ccc(SCC(=O)c2ccc(F)c(F)c2)cc1. The average molecular weight is 278 g/mol. The van der Waals surface area contributed by atoms with Gasteiger partial charge < -0.3 is 0 Å². The Morgan fingerprint density at radius 1 is 1.05 bits per heavy atom. The predicted octanol–water partition coefficient (Wildman–Crippen LogP) is 4.25. The second-order valence-electron chi connectivity index (χ2n) is 4.15. The van der Waals surface area contributed by atoms with Crippen molar-refractivity contribution in [1.82, 2.24) is 0 Å². The molecule has 98 valence electrons. The Balaban J connectivity index is 2.01. The normalized spacial score (nSPS) is 10.5. The number of hydrogen-bond donors (Lipinski definition) is 0. The highest BCUT2D eigenvalue weighted by molar-refractivity contribution is 8.00. The van der Waals surface area contributed by atoms with E-state index in [0.717, 1.165) is 22.6 Å². The van der Waals surface area contributed by atoms with Crippen molar-refractivity contribution >= 4 is 17.5 Å². The first-order valence-corrected chi connectivity index (χ1v) is 6.72. The number of rotatable bonds is 4. The zero-order chi connectivity index (χ0) is 13.8. The first-order valence-electron chi connectivity index (χ1n) is 5.74. The van der Waals surface area contributed by atoms with E-state index >= 15 is 0 Å². The van der Waals surface area contributed by atoms with E-state index in [4.69, 9.17) is 0 Å². The molecule has 2 rings (SSSR count). The van der Waals surface area contributed by atoms with Gasteiger partial charge in [-0.1, -0.05) is 17.7 Å². The molecule has 0 heterocycles. The smallest absolute Gasteiger partial charge is 0.173 e. The number of ketones is 1. The lowest BCUT2D eigenvalue weighted by Crippen LogP contribution is -2.03. The largest absolute Gasteiger partial charge is 0.293 e. The summed E-state index contributed by atoms with van der Waals surface area (Å²) in [5.41, 5.74) is 1.34. The Morgan fingerprint density at radius 2 is 1.74 bits per heavy atom. The molecule has 4 heteroatoms. The van der Waals surface area contributed by atoms with Gasteiger partial charge >= 0.3 is 0 Å². The molecule has 0 bridgehead atoms. The lowest BCUT2D eigenvalue weighted by Gasteiger charge is -2.03. The van der Waals surface area contributed by atoms with Crippen LogP contribution in [0, 0.1) is 18.6 Å². The number of aryl methyl sites for hydroxylation is 1. The van der Waals surface area contributed by atoms with Gasteiger partial charge in [0.05, 0.1) is 5.75 Å². The summed E-state index contributed by atoms with van der Waals surface area (Å²) in [5, 5.41) is 0. The van der Waals surface area contributed by atoms with E-state index in [1.54, 1.807) is 0 Å². The number of hydrogen-bond acceptors (Lipinski definition) is 2. The van der Waals surface area contributed by atoms with Crippen molar-refractivity contribution in [2.24, 2.45) is 0 Å². The molecule has 0 aliphatic carbocycles. The summed E-state index contributed by atoms with van der Waals surface area (Å²) >= 11 is 1.38. The summed E-state index contributed by atoms with van der Waals surface area (Å²) in [7, 11) is 0. The van der Waals surface area contributed by atoms with Crippen molar-refractivity contribution < 1.29 is 13.6 Å². The molecular weight excluding hydrogens is 266 g/mol. The lowest BCUT2D eigenvalue weighted by atomic mass is 10.1. The first kappa shape index (κ1) is 13.7. The van der Waals surface area contributed by atoms with E-state index in [0.29, 0.717) is 0 Å². The van der Waals surface area contributed by atoms with E-state index in [1.165, 1.54) is 17.8 Å². The van der Waals surface area contributed by atoms with Crippen LogP contribution in [0.25, 0.3) is 0 Å². The minimum Gasteiger partial charge on any atom is -0.293 e.